The number of fused-ring (bicyclic) bond motifs is 1. The van der Waals surface area contributed by atoms with Gasteiger partial charge in [0.25, 0.3) is 0 Å². The summed E-state index contributed by atoms with van der Waals surface area (Å²) in [5.74, 6) is 2.31. The third-order valence-electron chi connectivity index (χ3n) is 7.09. The minimum atomic E-state index is -0.732. The van der Waals surface area contributed by atoms with Crippen molar-refractivity contribution < 1.29 is 28.5 Å². The predicted molar refractivity (Wildman–Crippen MR) is 122 cm³/mol. The van der Waals surface area contributed by atoms with E-state index in [1.54, 1.807) is 33.7 Å². The highest BCUT2D eigenvalue weighted by Crippen LogP contribution is 2.51. The minimum absolute atomic E-state index is 0.0145. The number of nitrogens with zero attached hydrogens (tertiary/aromatic N) is 1. The van der Waals surface area contributed by atoms with Gasteiger partial charge in [-0.25, -0.2) is 0 Å². The first-order chi connectivity index (χ1) is 16.0. The number of rotatable bonds is 8. The number of piperidine rings is 1. The van der Waals surface area contributed by atoms with Crippen molar-refractivity contribution in [3.8, 4) is 17.2 Å². The predicted octanol–water partition coefficient (Wildman–Crippen LogP) is 3.29. The molecule has 1 aromatic heterocycles. The first-order valence-electron chi connectivity index (χ1n) is 11.5. The molecule has 2 aliphatic rings. The minimum Gasteiger partial charge on any atom is -0.493 e. The summed E-state index contributed by atoms with van der Waals surface area (Å²) in [6.07, 6.45) is 6.03. The SMILES string of the molecule is COc1cc([C@@H]2[C@@H]3CCCC[C@]3(O)CCN2CC(=O)NCc2ccco2)cc(OC)c1OC. The number of carbonyl (C=O) groups excluding carboxylic acids is 1. The average molecular weight is 459 g/mol. The van der Waals surface area contributed by atoms with E-state index in [0.717, 1.165) is 31.2 Å². The van der Waals surface area contributed by atoms with E-state index in [-0.39, 0.29) is 24.4 Å². The third kappa shape index (κ3) is 4.82. The van der Waals surface area contributed by atoms with Crippen molar-refractivity contribution in [2.24, 2.45) is 5.92 Å². The van der Waals surface area contributed by atoms with Crippen LogP contribution >= 0.6 is 0 Å². The van der Waals surface area contributed by atoms with Crippen LogP contribution in [-0.2, 0) is 11.3 Å². The van der Waals surface area contributed by atoms with Crippen LogP contribution in [0.3, 0.4) is 0 Å². The summed E-state index contributed by atoms with van der Waals surface area (Å²) in [4.78, 5) is 15.0. The van der Waals surface area contributed by atoms with Gasteiger partial charge in [0.2, 0.25) is 11.7 Å². The second-order valence-corrected chi connectivity index (χ2v) is 8.94. The van der Waals surface area contributed by atoms with Gasteiger partial charge in [0.15, 0.2) is 11.5 Å². The van der Waals surface area contributed by atoms with Gasteiger partial charge in [0.05, 0.1) is 46.3 Å². The number of aliphatic hydroxyl groups is 1. The van der Waals surface area contributed by atoms with Gasteiger partial charge < -0.3 is 29.1 Å². The lowest BCUT2D eigenvalue weighted by Gasteiger charge is -2.52. The Morgan fingerprint density at radius 3 is 2.58 bits per heavy atom. The summed E-state index contributed by atoms with van der Waals surface area (Å²) in [6.45, 7) is 1.21. The van der Waals surface area contributed by atoms with E-state index in [4.69, 9.17) is 18.6 Å². The summed E-state index contributed by atoms with van der Waals surface area (Å²) in [5, 5.41) is 14.5. The van der Waals surface area contributed by atoms with E-state index >= 15 is 0 Å². The highest BCUT2D eigenvalue weighted by molar-refractivity contribution is 5.78. The Labute approximate surface area is 194 Å². The molecule has 8 nitrogen and oxygen atoms in total. The molecule has 1 aliphatic heterocycles. The van der Waals surface area contributed by atoms with Crippen molar-refractivity contribution in [3.05, 3.63) is 41.9 Å². The summed E-state index contributed by atoms with van der Waals surface area (Å²) in [5.41, 5.74) is 0.220. The molecule has 4 rings (SSSR count). The normalized spacial score (nSPS) is 25.2. The zero-order valence-corrected chi connectivity index (χ0v) is 19.6. The van der Waals surface area contributed by atoms with Gasteiger partial charge in [-0.05, 0) is 49.1 Å². The van der Waals surface area contributed by atoms with Crippen LogP contribution in [-0.4, -0.2) is 55.9 Å². The molecular formula is C25H34N2O6. The Hall–Kier alpha value is -2.71. The van der Waals surface area contributed by atoms with Crippen molar-refractivity contribution in [2.45, 2.75) is 50.3 Å². The van der Waals surface area contributed by atoms with Crippen LogP contribution < -0.4 is 19.5 Å². The fraction of sp³-hybridized carbons (Fsp3) is 0.560. The molecule has 1 saturated heterocycles. The number of likely N-dealkylation sites (tertiary alicyclic amines) is 1. The van der Waals surface area contributed by atoms with Crippen LogP contribution in [0.25, 0.3) is 0 Å². The number of amides is 1. The van der Waals surface area contributed by atoms with Crippen LogP contribution in [0.1, 0.15) is 49.5 Å². The Morgan fingerprint density at radius 1 is 1.18 bits per heavy atom. The molecular weight excluding hydrogens is 424 g/mol. The van der Waals surface area contributed by atoms with Gasteiger partial charge in [-0.3, -0.25) is 9.69 Å². The number of furan rings is 1. The zero-order chi connectivity index (χ0) is 23.4. The molecule has 0 bridgehead atoms. The molecule has 8 heteroatoms. The van der Waals surface area contributed by atoms with Crippen LogP contribution in [0.5, 0.6) is 17.2 Å². The first kappa shape index (κ1) is 23.4. The molecule has 2 fully saturated rings. The Bertz CT molecular complexity index is 921. The van der Waals surface area contributed by atoms with Crippen molar-refractivity contribution in [2.75, 3.05) is 34.4 Å². The van der Waals surface area contributed by atoms with Gasteiger partial charge in [0.1, 0.15) is 5.76 Å². The van der Waals surface area contributed by atoms with Crippen molar-refractivity contribution >= 4 is 5.91 Å². The zero-order valence-electron chi connectivity index (χ0n) is 19.6. The average Bonchev–Trinajstić information content (AvgIpc) is 3.35. The smallest absolute Gasteiger partial charge is 0.234 e. The number of ether oxygens (including phenoxy) is 3. The molecule has 0 unspecified atom stereocenters. The molecule has 2 heterocycles. The monoisotopic (exact) mass is 458 g/mol. The van der Waals surface area contributed by atoms with Crippen molar-refractivity contribution in [3.63, 3.8) is 0 Å². The molecule has 1 aliphatic carbocycles. The largest absolute Gasteiger partial charge is 0.493 e. The molecule has 180 valence electrons. The van der Waals surface area contributed by atoms with E-state index in [1.807, 2.05) is 18.2 Å². The first-order valence-corrected chi connectivity index (χ1v) is 11.5. The second-order valence-electron chi connectivity index (χ2n) is 8.94. The standard InChI is InChI=1S/C25H34N2O6/c1-30-20-13-17(14-21(31-2)24(20)32-3)23-19-8-4-5-9-25(19,29)10-11-27(23)16-22(28)26-15-18-7-6-12-33-18/h6-7,12-14,19,23,29H,4-5,8-11,15-16H2,1-3H3,(H,26,28)/t19-,23+,25-/m0/s1. The summed E-state index contributed by atoms with van der Waals surface area (Å²) < 4.78 is 22.0. The lowest BCUT2D eigenvalue weighted by Crippen LogP contribution is -2.56. The highest BCUT2D eigenvalue weighted by Gasteiger charge is 2.49. The maximum absolute atomic E-state index is 12.8. The van der Waals surface area contributed by atoms with Crippen LogP contribution in [0.15, 0.2) is 34.9 Å². The lowest BCUT2D eigenvalue weighted by atomic mass is 9.66. The number of carbonyl (C=O) groups is 1. The Morgan fingerprint density at radius 2 is 1.94 bits per heavy atom. The van der Waals surface area contributed by atoms with Gasteiger partial charge >= 0.3 is 0 Å². The second kappa shape index (κ2) is 10.1. The third-order valence-corrected chi connectivity index (χ3v) is 7.09. The molecule has 33 heavy (non-hydrogen) atoms. The number of nitrogens with one attached hydrogen (secondary N) is 1. The fourth-order valence-corrected chi connectivity index (χ4v) is 5.47. The van der Waals surface area contributed by atoms with E-state index < -0.39 is 5.60 Å². The summed E-state index contributed by atoms with van der Waals surface area (Å²) in [6, 6.07) is 7.38. The van der Waals surface area contributed by atoms with Crippen LogP contribution in [0.4, 0.5) is 0 Å². The molecule has 0 spiro atoms. The van der Waals surface area contributed by atoms with E-state index in [0.29, 0.717) is 42.5 Å². The maximum Gasteiger partial charge on any atom is 0.234 e. The maximum atomic E-state index is 12.8. The number of methoxy groups -OCH3 is 3. The Balaban J connectivity index is 1.64. The quantitative estimate of drug-likeness (QED) is 0.627. The van der Waals surface area contributed by atoms with E-state index in [9.17, 15) is 9.90 Å². The van der Waals surface area contributed by atoms with Gasteiger partial charge in [0, 0.05) is 18.5 Å². The molecule has 1 saturated carbocycles. The van der Waals surface area contributed by atoms with E-state index in [1.165, 1.54) is 0 Å². The topological polar surface area (TPSA) is 93.4 Å². The summed E-state index contributed by atoms with van der Waals surface area (Å²) >= 11 is 0. The number of hydrogen-bond acceptors (Lipinski definition) is 7. The summed E-state index contributed by atoms with van der Waals surface area (Å²) in [7, 11) is 4.77. The molecule has 2 N–H and O–H groups in total. The number of hydrogen-bond donors (Lipinski definition) is 2. The Kier molecular flexibility index (Phi) is 7.14. The fourth-order valence-electron chi connectivity index (χ4n) is 5.47. The number of benzene rings is 1. The van der Waals surface area contributed by atoms with E-state index in [2.05, 4.69) is 10.2 Å². The molecule has 2 aromatic rings. The van der Waals surface area contributed by atoms with Gasteiger partial charge in [-0.2, -0.15) is 0 Å². The van der Waals surface area contributed by atoms with Crippen molar-refractivity contribution in [1.82, 2.24) is 10.2 Å². The molecule has 0 radical (unpaired) electrons. The lowest BCUT2D eigenvalue weighted by molar-refractivity contribution is -0.138. The molecule has 1 amide bonds. The van der Waals surface area contributed by atoms with Crippen LogP contribution in [0, 0.1) is 5.92 Å². The van der Waals surface area contributed by atoms with Crippen LogP contribution in [0.2, 0.25) is 0 Å². The molecule has 1 aromatic carbocycles. The van der Waals surface area contributed by atoms with Gasteiger partial charge in [-0.1, -0.05) is 12.8 Å². The molecule has 3 atom stereocenters. The van der Waals surface area contributed by atoms with Crippen molar-refractivity contribution in [1.29, 1.82) is 0 Å². The van der Waals surface area contributed by atoms with Gasteiger partial charge in [-0.15, -0.1) is 0 Å². The highest BCUT2D eigenvalue weighted by atomic mass is 16.5.